The van der Waals surface area contributed by atoms with Crippen LogP contribution in [0.15, 0.2) is 34.1 Å². The van der Waals surface area contributed by atoms with Crippen LogP contribution in [0.25, 0.3) is 0 Å². The van der Waals surface area contributed by atoms with E-state index in [0.29, 0.717) is 11.3 Å². The molecule has 0 fully saturated rings. The van der Waals surface area contributed by atoms with Crippen LogP contribution in [0.3, 0.4) is 0 Å². The fourth-order valence-corrected chi connectivity index (χ4v) is 2.71. The Labute approximate surface area is 123 Å². The Bertz CT molecular complexity index is 569. The molecule has 0 aliphatic heterocycles. The standard InChI is InChI=1S/C15H20N2O2S/c1-10-8-19-15(17-10)20-9-13-7-12(11(2)16-3)5-6-14(13)18-4/h5-8,11,16H,9H2,1-4H3. The third kappa shape index (κ3) is 3.55. The fraction of sp³-hybridized carbons (Fsp3) is 0.400. The van der Waals surface area contributed by atoms with E-state index in [9.17, 15) is 0 Å². The van der Waals surface area contributed by atoms with Gasteiger partial charge in [-0.1, -0.05) is 17.8 Å². The lowest BCUT2D eigenvalue weighted by atomic mass is 10.1. The molecule has 5 heteroatoms. The van der Waals surface area contributed by atoms with Gasteiger partial charge in [0.15, 0.2) is 0 Å². The molecule has 0 saturated carbocycles. The van der Waals surface area contributed by atoms with Gasteiger partial charge in [-0.2, -0.15) is 0 Å². The molecule has 1 aromatic heterocycles. The number of oxazole rings is 1. The number of aryl methyl sites for hydroxylation is 1. The summed E-state index contributed by atoms with van der Waals surface area (Å²) in [6, 6.07) is 6.58. The smallest absolute Gasteiger partial charge is 0.256 e. The minimum Gasteiger partial charge on any atom is -0.496 e. The fourth-order valence-electron chi connectivity index (χ4n) is 1.89. The lowest BCUT2D eigenvalue weighted by molar-refractivity contribution is 0.410. The quantitative estimate of drug-likeness (QED) is 0.825. The molecule has 2 aromatic rings. The van der Waals surface area contributed by atoms with E-state index < -0.39 is 0 Å². The Balaban J connectivity index is 2.15. The average Bonchev–Trinajstić information content (AvgIpc) is 2.89. The summed E-state index contributed by atoms with van der Waals surface area (Å²) < 4.78 is 10.8. The normalized spacial score (nSPS) is 12.4. The summed E-state index contributed by atoms with van der Waals surface area (Å²) in [5.41, 5.74) is 3.29. The van der Waals surface area contributed by atoms with E-state index >= 15 is 0 Å². The molecule has 1 unspecified atom stereocenters. The van der Waals surface area contributed by atoms with Crippen molar-refractivity contribution in [2.45, 2.75) is 30.9 Å². The number of rotatable bonds is 6. The molecular formula is C15H20N2O2S. The zero-order valence-corrected chi connectivity index (χ0v) is 13.1. The van der Waals surface area contributed by atoms with E-state index in [-0.39, 0.29) is 0 Å². The van der Waals surface area contributed by atoms with Crippen molar-refractivity contribution in [3.63, 3.8) is 0 Å². The Hall–Kier alpha value is -1.46. The second-order valence-corrected chi connectivity index (χ2v) is 5.55. The molecule has 0 saturated heterocycles. The van der Waals surface area contributed by atoms with Crippen LogP contribution in [0.5, 0.6) is 5.75 Å². The van der Waals surface area contributed by atoms with Crippen molar-refractivity contribution in [1.29, 1.82) is 0 Å². The number of methoxy groups -OCH3 is 1. The number of nitrogens with zero attached hydrogens (tertiary/aromatic N) is 1. The van der Waals surface area contributed by atoms with Crippen molar-refractivity contribution in [2.75, 3.05) is 14.2 Å². The highest BCUT2D eigenvalue weighted by atomic mass is 32.2. The Morgan fingerprint density at radius 3 is 2.85 bits per heavy atom. The first-order valence-electron chi connectivity index (χ1n) is 6.53. The Kier molecular flexibility index (Phi) is 5.09. The van der Waals surface area contributed by atoms with Crippen molar-refractivity contribution in [2.24, 2.45) is 0 Å². The Morgan fingerprint density at radius 1 is 1.45 bits per heavy atom. The molecule has 1 atom stereocenters. The van der Waals surface area contributed by atoms with E-state index in [1.54, 1.807) is 25.1 Å². The van der Waals surface area contributed by atoms with Gasteiger partial charge in [-0.15, -0.1) is 0 Å². The molecule has 0 radical (unpaired) electrons. The highest BCUT2D eigenvalue weighted by Gasteiger charge is 2.10. The second kappa shape index (κ2) is 6.81. The first-order valence-corrected chi connectivity index (χ1v) is 7.51. The number of benzene rings is 1. The lowest BCUT2D eigenvalue weighted by Crippen LogP contribution is -2.12. The minimum absolute atomic E-state index is 0.314. The summed E-state index contributed by atoms with van der Waals surface area (Å²) in [4.78, 5) is 4.30. The maximum atomic E-state index is 5.42. The van der Waals surface area contributed by atoms with Gasteiger partial charge in [0.25, 0.3) is 5.22 Å². The molecule has 0 amide bonds. The summed E-state index contributed by atoms with van der Waals surface area (Å²) in [6.07, 6.45) is 1.67. The summed E-state index contributed by atoms with van der Waals surface area (Å²) in [6.45, 7) is 4.06. The molecule has 2 rings (SSSR count). The van der Waals surface area contributed by atoms with E-state index in [0.717, 1.165) is 22.8 Å². The van der Waals surface area contributed by atoms with E-state index in [1.807, 2.05) is 20.0 Å². The predicted molar refractivity (Wildman–Crippen MR) is 81.3 cm³/mol. The molecule has 4 nitrogen and oxygen atoms in total. The van der Waals surface area contributed by atoms with E-state index in [2.05, 4.69) is 29.4 Å². The molecule has 1 aromatic carbocycles. The van der Waals surface area contributed by atoms with Crippen LogP contribution >= 0.6 is 11.8 Å². The van der Waals surface area contributed by atoms with Gasteiger partial charge >= 0.3 is 0 Å². The van der Waals surface area contributed by atoms with Gasteiger partial charge in [0, 0.05) is 17.4 Å². The molecule has 0 bridgehead atoms. The zero-order chi connectivity index (χ0) is 14.5. The number of ether oxygens (including phenoxy) is 1. The first-order chi connectivity index (χ1) is 9.63. The van der Waals surface area contributed by atoms with Gasteiger partial charge in [0.1, 0.15) is 12.0 Å². The number of hydrogen-bond donors (Lipinski definition) is 1. The maximum absolute atomic E-state index is 5.42. The minimum atomic E-state index is 0.314. The number of aromatic nitrogens is 1. The average molecular weight is 292 g/mol. The lowest BCUT2D eigenvalue weighted by Gasteiger charge is -2.14. The van der Waals surface area contributed by atoms with Crippen molar-refractivity contribution >= 4 is 11.8 Å². The monoisotopic (exact) mass is 292 g/mol. The van der Waals surface area contributed by atoms with Crippen molar-refractivity contribution in [3.8, 4) is 5.75 Å². The van der Waals surface area contributed by atoms with Gasteiger partial charge < -0.3 is 14.5 Å². The van der Waals surface area contributed by atoms with Crippen LogP contribution in [0.4, 0.5) is 0 Å². The van der Waals surface area contributed by atoms with Gasteiger partial charge in [-0.05, 0) is 38.6 Å². The topological polar surface area (TPSA) is 47.3 Å². The largest absolute Gasteiger partial charge is 0.496 e. The molecule has 1 N–H and O–H groups in total. The van der Waals surface area contributed by atoms with E-state index in [1.165, 1.54) is 5.56 Å². The summed E-state index contributed by atoms with van der Waals surface area (Å²) in [5.74, 6) is 1.67. The van der Waals surface area contributed by atoms with Crippen molar-refractivity contribution in [3.05, 3.63) is 41.3 Å². The Morgan fingerprint density at radius 2 is 2.25 bits per heavy atom. The summed E-state index contributed by atoms with van der Waals surface area (Å²) in [7, 11) is 3.65. The van der Waals surface area contributed by atoms with E-state index in [4.69, 9.17) is 9.15 Å². The van der Waals surface area contributed by atoms with Gasteiger partial charge in [0.2, 0.25) is 0 Å². The van der Waals surface area contributed by atoms with Crippen LogP contribution in [-0.4, -0.2) is 19.1 Å². The van der Waals surface area contributed by atoms with Crippen LogP contribution < -0.4 is 10.1 Å². The third-order valence-electron chi connectivity index (χ3n) is 3.19. The maximum Gasteiger partial charge on any atom is 0.256 e. The molecule has 108 valence electrons. The summed E-state index contributed by atoms with van der Waals surface area (Å²) >= 11 is 1.57. The van der Waals surface area contributed by atoms with Crippen LogP contribution in [0.1, 0.15) is 29.8 Å². The molecule has 20 heavy (non-hydrogen) atoms. The molecule has 0 aliphatic carbocycles. The molecular weight excluding hydrogens is 272 g/mol. The predicted octanol–water partition coefficient (Wildman–Crippen LogP) is 3.56. The number of thioether (sulfide) groups is 1. The SMILES string of the molecule is CNC(C)c1ccc(OC)c(CSc2nc(C)co2)c1. The molecule has 1 heterocycles. The zero-order valence-electron chi connectivity index (χ0n) is 12.3. The first kappa shape index (κ1) is 14.9. The van der Waals surface area contributed by atoms with Crippen LogP contribution in [-0.2, 0) is 5.75 Å². The highest BCUT2D eigenvalue weighted by molar-refractivity contribution is 7.98. The number of hydrogen-bond acceptors (Lipinski definition) is 5. The van der Waals surface area contributed by atoms with Crippen molar-refractivity contribution < 1.29 is 9.15 Å². The number of nitrogens with one attached hydrogen (secondary N) is 1. The van der Waals surface area contributed by atoms with Gasteiger partial charge in [-0.25, -0.2) is 4.98 Å². The molecule has 0 spiro atoms. The van der Waals surface area contributed by atoms with Gasteiger partial charge in [-0.3, -0.25) is 0 Å². The highest BCUT2D eigenvalue weighted by Crippen LogP contribution is 2.29. The second-order valence-electron chi connectivity index (χ2n) is 4.63. The molecule has 0 aliphatic rings. The van der Waals surface area contributed by atoms with Gasteiger partial charge in [0.05, 0.1) is 12.8 Å². The summed E-state index contributed by atoms with van der Waals surface area (Å²) in [5, 5.41) is 3.94. The van der Waals surface area contributed by atoms with Crippen molar-refractivity contribution in [1.82, 2.24) is 10.3 Å². The van der Waals surface area contributed by atoms with Crippen LogP contribution in [0, 0.1) is 6.92 Å². The third-order valence-corrected chi connectivity index (χ3v) is 4.08. The van der Waals surface area contributed by atoms with Crippen LogP contribution in [0.2, 0.25) is 0 Å².